The second-order valence-electron chi connectivity index (χ2n) is 8.13. The maximum absolute atomic E-state index is 12.9. The van der Waals surface area contributed by atoms with Gasteiger partial charge in [-0.15, -0.1) is 0 Å². The number of rotatable bonds is 7. The molecular formula is C27H23N3O4. The molecule has 0 radical (unpaired) electrons. The Balaban J connectivity index is 1.25. The number of methoxy groups -OCH3 is 1. The minimum Gasteiger partial charge on any atom is -0.497 e. The highest BCUT2D eigenvalue weighted by atomic mass is 16.5. The van der Waals surface area contributed by atoms with Crippen molar-refractivity contribution in [3.8, 4) is 5.75 Å². The second kappa shape index (κ2) is 8.86. The largest absolute Gasteiger partial charge is 0.497 e. The summed E-state index contributed by atoms with van der Waals surface area (Å²) >= 11 is 0. The lowest BCUT2D eigenvalue weighted by Crippen LogP contribution is -2.29. The van der Waals surface area contributed by atoms with Gasteiger partial charge in [0.25, 0.3) is 17.7 Å². The van der Waals surface area contributed by atoms with E-state index in [4.69, 9.17) is 4.74 Å². The number of hydrogen-bond donors (Lipinski definition) is 1. The van der Waals surface area contributed by atoms with Crippen LogP contribution in [0.15, 0.2) is 79.0 Å². The highest BCUT2D eigenvalue weighted by Crippen LogP contribution is 2.26. The average Bonchev–Trinajstić information content (AvgIpc) is 3.38. The molecule has 0 spiro atoms. The predicted molar refractivity (Wildman–Crippen MR) is 128 cm³/mol. The molecule has 170 valence electrons. The smallest absolute Gasteiger partial charge is 0.261 e. The number of para-hydroxylation sites is 1. The zero-order valence-corrected chi connectivity index (χ0v) is 18.7. The summed E-state index contributed by atoms with van der Waals surface area (Å²) < 4.78 is 7.23. The van der Waals surface area contributed by atoms with E-state index in [2.05, 4.69) is 9.88 Å². The van der Waals surface area contributed by atoms with Gasteiger partial charge in [0.2, 0.25) is 0 Å². The molecule has 0 saturated carbocycles. The average molecular weight is 453 g/mol. The van der Waals surface area contributed by atoms with E-state index in [9.17, 15) is 14.4 Å². The minimum atomic E-state index is -0.399. The summed E-state index contributed by atoms with van der Waals surface area (Å²) in [5.74, 6) is -0.341. The van der Waals surface area contributed by atoms with E-state index in [0.717, 1.165) is 16.5 Å². The molecule has 3 amide bonds. The first-order valence-corrected chi connectivity index (χ1v) is 11.0. The molecule has 0 aliphatic carbocycles. The van der Waals surface area contributed by atoms with Gasteiger partial charge >= 0.3 is 0 Å². The number of ether oxygens (including phenoxy) is 1. The van der Waals surface area contributed by atoms with Crippen LogP contribution in [0.4, 0.5) is 0 Å². The molecule has 0 saturated heterocycles. The van der Waals surface area contributed by atoms with E-state index >= 15 is 0 Å². The van der Waals surface area contributed by atoms with Crippen LogP contribution in [0.1, 0.15) is 36.6 Å². The number of carbonyl (C=O) groups is 3. The molecule has 7 heteroatoms. The van der Waals surface area contributed by atoms with Crippen molar-refractivity contribution in [1.82, 2.24) is 14.8 Å². The summed E-state index contributed by atoms with van der Waals surface area (Å²) in [7, 11) is 1.58. The summed E-state index contributed by atoms with van der Waals surface area (Å²) in [4.78, 5) is 39.7. The molecule has 7 nitrogen and oxygen atoms in total. The van der Waals surface area contributed by atoms with Gasteiger partial charge in [-0.1, -0.05) is 30.3 Å². The number of nitrogens with zero attached hydrogens (tertiary/aromatic N) is 2. The lowest BCUT2D eigenvalue weighted by Gasteiger charge is -2.14. The Bertz CT molecular complexity index is 1410. The van der Waals surface area contributed by atoms with Crippen molar-refractivity contribution in [2.45, 2.75) is 13.1 Å². The van der Waals surface area contributed by atoms with Crippen LogP contribution in [0, 0.1) is 0 Å². The number of carbonyl (C=O) groups excluding carboxylic acids is 3. The van der Waals surface area contributed by atoms with Gasteiger partial charge in [-0.3, -0.25) is 19.3 Å². The molecule has 1 N–H and O–H groups in total. The SMILES string of the molecule is COc1ccc(CN2C(=O)c3ccc(C(=O)NCCn4ccc5ccccc54)cc3C2=O)cc1. The van der Waals surface area contributed by atoms with Gasteiger partial charge in [0.1, 0.15) is 5.75 Å². The zero-order valence-electron chi connectivity index (χ0n) is 18.7. The lowest BCUT2D eigenvalue weighted by atomic mass is 10.1. The molecule has 0 unspecified atom stereocenters. The van der Waals surface area contributed by atoms with E-state index in [1.165, 1.54) is 11.0 Å². The number of fused-ring (bicyclic) bond motifs is 2. The van der Waals surface area contributed by atoms with Crippen LogP contribution in [-0.4, -0.2) is 40.8 Å². The van der Waals surface area contributed by atoms with Gasteiger partial charge in [0.05, 0.1) is 24.8 Å². The summed E-state index contributed by atoms with van der Waals surface area (Å²) in [5, 5.41) is 4.05. The van der Waals surface area contributed by atoms with E-state index in [0.29, 0.717) is 30.0 Å². The summed E-state index contributed by atoms with van der Waals surface area (Å²) in [6.45, 7) is 1.21. The molecule has 2 heterocycles. The Kier molecular flexibility index (Phi) is 5.59. The Hall–Kier alpha value is -4.39. The quantitative estimate of drug-likeness (QED) is 0.431. The van der Waals surface area contributed by atoms with Gasteiger partial charge in [-0.25, -0.2) is 0 Å². The molecule has 34 heavy (non-hydrogen) atoms. The maximum Gasteiger partial charge on any atom is 0.261 e. The van der Waals surface area contributed by atoms with Crippen molar-refractivity contribution in [2.75, 3.05) is 13.7 Å². The third-order valence-electron chi connectivity index (χ3n) is 6.05. The fraction of sp³-hybridized carbons (Fsp3) is 0.148. The fourth-order valence-electron chi connectivity index (χ4n) is 4.22. The predicted octanol–water partition coefficient (Wildman–Crippen LogP) is 3.88. The fourth-order valence-corrected chi connectivity index (χ4v) is 4.22. The first-order chi connectivity index (χ1) is 16.5. The Labute approximate surface area is 196 Å². The molecular weight excluding hydrogens is 430 g/mol. The molecule has 0 bridgehead atoms. The number of hydrogen-bond acceptors (Lipinski definition) is 4. The second-order valence-corrected chi connectivity index (χ2v) is 8.13. The zero-order chi connectivity index (χ0) is 23.7. The number of aromatic nitrogens is 1. The van der Waals surface area contributed by atoms with Gasteiger partial charge < -0.3 is 14.6 Å². The van der Waals surface area contributed by atoms with Crippen molar-refractivity contribution in [1.29, 1.82) is 0 Å². The molecule has 1 aromatic heterocycles. The Morgan fingerprint density at radius 1 is 0.912 bits per heavy atom. The van der Waals surface area contributed by atoms with E-state index in [-0.39, 0.29) is 23.9 Å². The number of benzene rings is 3. The van der Waals surface area contributed by atoms with Crippen LogP contribution in [0.2, 0.25) is 0 Å². The number of amides is 3. The van der Waals surface area contributed by atoms with Gasteiger partial charge in [-0.2, -0.15) is 0 Å². The molecule has 0 atom stereocenters. The summed E-state index contributed by atoms with van der Waals surface area (Å²) in [5.41, 5.74) is 2.83. The highest BCUT2D eigenvalue weighted by molar-refractivity contribution is 6.22. The van der Waals surface area contributed by atoms with E-state index < -0.39 is 5.91 Å². The molecule has 1 aliphatic heterocycles. The van der Waals surface area contributed by atoms with Crippen LogP contribution in [-0.2, 0) is 13.1 Å². The standard InChI is InChI=1S/C27H23N3O4/c1-34-21-9-6-18(7-10-21)17-30-26(32)22-11-8-20(16-23(22)27(30)33)25(31)28-13-15-29-14-12-19-4-2-3-5-24(19)29/h2-12,14,16H,13,15,17H2,1H3,(H,28,31). The van der Waals surface area contributed by atoms with E-state index in [1.807, 2.05) is 48.7 Å². The molecule has 4 aromatic rings. The maximum atomic E-state index is 12.9. The summed E-state index contributed by atoms with van der Waals surface area (Å²) in [6, 6.07) is 21.9. The first-order valence-electron chi connectivity index (χ1n) is 11.0. The van der Waals surface area contributed by atoms with Crippen molar-refractivity contribution in [3.63, 3.8) is 0 Å². The van der Waals surface area contributed by atoms with Gasteiger partial charge in [-0.05, 0) is 53.4 Å². The van der Waals surface area contributed by atoms with Crippen molar-refractivity contribution in [3.05, 3.63) is 101 Å². The monoisotopic (exact) mass is 453 g/mol. The van der Waals surface area contributed by atoms with Crippen molar-refractivity contribution >= 4 is 28.6 Å². The molecule has 3 aromatic carbocycles. The first kappa shape index (κ1) is 21.5. The number of nitrogens with one attached hydrogen (secondary N) is 1. The van der Waals surface area contributed by atoms with Crippen LogP contribution in [0.5, 0.6) is 5.75 Å². The Morgan fingerprint density at radius 3 is 2.47 bits per heavy atom. The lowest BCUT2D eigenvalue weighted by molar-refractivity contribution is 0.0642. The molecule has 1 aliphatic rings. The number of imide groups is 1. The van der Waals surface area contributed by atoms with Gasteiger partial charge in [0.15, 0.2) is 0 Å². The third-order valence-corrected chi connectivity index (χ3v) is 6.05. The minimum absolute atomic E-state index is 0.155. The highest BCUT2D eigenvalue weighted by Gasteiger charge is 2.36. The van der Waals surface area contributed by atoms with Crippen LogP contribution < -0.4 is 10.1 Å². The third kappa shape index (κ3) is 3.92. The molecule has 0 fully saturated rings. The normalized spacial score (nSPS) is 12.8. The molecule has 5 rings (SSSR count). The van der Waals surface area contributed by atoms with Crippen LogP contribution in [0.3, 0.4) is 0 Å². The van der Waals surface area contributed by atoms with E-state index in [1.54, 1.807) is 31.4 Å². The van der Waals surface area contributed by atoms with Gasteiger partial charge in [0, 0.05) is 30.4 Å². The Morgan fingerprint density at radius 2 is 1.68 bits per heavy atom. The topological polar surface area (TPSA) is 80.6 Å². The van der Waals surface area contributed by atoms with Crippen molar-refractivity contribution < 1.29 is 19.1 Å². The van der Waals surface area contributed by atoms with Crippen molar-refractivity contribution in [2.24, 2.45) is 0 Å². The van der Waals surface area contributed by atoms with Crippen LogP contribution >= 0.6 is 0 Å². The summed E-state index contributed by atoms with van der Waals surface area (Å²) in [6.07, 6.45) is 1.99. The van der Waals surface area contributed by atoms with Crippen LogP contribution in [0.25, 0.3) is 10.9 Å².